The molecule has 3 heteroatoms. The van der Waals surface area contributed by atoms with Gasteiger partial charge in [-0.3, -0.25) is 0 Å². The molecule has 0 aromatic rings. The zero-order valence-electron chi connectivity index (χ0n) is 8.58. The Labute approximate surface area is 80.0 Å². The van der Waals surface area contributed by atoms with Crippen molar-refractivity contribution in [2.45, 2.75) is 51.4 Å². The normalized spacial score (nSPS) is 26.5. The molecule has 1 rings (SSSR count). The second-order valence-electron chi connectivity index (χ2n) is 4.02. The maximum Gasteiger partial charge on any atom is 0.163 e. The lowest BCUT2D eigenvalue weighted by Gasteiger charge is -2.16. The predicted octanol–water partition coefficient (Wildman–Crippen LogP) is 1.69. The van der Waals surface area contributed by atoms with Crippen molar-refractivity contribution in [2.24, 2.45) is 0 Å². The molecule has 1 atom stereocenters. The molecule has 0 bridgehead atoms. The van der Waals surface area contributed by atoms with E-state index in [1.807, 2.05) is 13.8 Å². The summed E-state index contributed by atoms with van der Waals surface area (Å²) >= 11 is 0. The van der Waals surface area contributed by atoms with Crippen LogP contribution in [0.4, 0.5) is 0 Å². The van der Waals surface area contributed by atoms with Crippen LogP contribution < -0.4 is 0 Å². The summed E-state index contributed by atoms with van der Waals surface area (Å²) in [4.78, 5) is 0. The number of aliphatic hydroxyl groups excluding tert-OH is 1. The topological polar surface area (TPSA) is 38.7 Å². The van der Waals surface area contributed by atoms with Crippen LogP contribution in [0.25, 0.3) is 0 Å². The molecule has 1 aliphatic heterocycles. The summed E-state index contributed by atoms with van der Waals surface area (Å²) in [6.07, 6.45) is 4.40. The molecule has 0 spiro atoms. The average molecular weight is 188 g/mol. The third kappa shape index (κ3) is 4.07. The minimum atomic E-state index is -0.387. The van der Waals surface area contributed by atoms with Gasteiger partial charge in [0.2, 0.25) is 0 Å². The van der Waals surface area contributed by atoms with Gasteiger partial charge in [-0.15, -0.1) is 0 Å². The van der Waals surface area contributed by atoms with Crippen LogP contribution in [0.2, 0.25) is 0 Å². The monoisotopic (exact) mass is 188 g/mol. The minimum absolute atomic E-state index is 0.258. The first-order valence-electron chi connectivity index (χ1n) is 5.07. The molecule has 78 valence electrons. The molecular weight excluding hydrogens is 168 g/mol. The molecular formula is C10H20O3. The molecule has 1 heterocycles. The van der Waals surface area contributed by atoms with Crippen molar-refractivity contribution >= 4 is 0 Å². The van der Waals surface area contributed by atoms with E-state index in [0.29, 0.717) is 13.2 Å². The molecule has 3 nitrogen and oxygen atoms in total. The van der Waals surface area contributed by atoms with Gasteiger partial charge in [-0.1, -0.05) is 12.8 Å². The third-order valence-corrected chi connectivity index (χ3v) is 2.25. The summed E-state index contributed by atoms with van der Waals surface area (Å²) < 4.78 is 11.1. The van der Waals surface area contributed by atoms with Gasteiger partial charge < -0.3 is 14.6 Å². The van der Waals surface area contributed by atoms with Gasteiger partial charge in [-0.25, -0.2) is 0 Å². The predicted molar refractivity (Wildman–Crippen MR) is 50.5 cm³/mol. The summed E-state index contributed by atoms with van der Waals surface area (Å²) in [5.74, 6) is -0.387. The first-order valence-corrected chi connectivity index (χ1v) is 5.07. The fourth-order valence-electron chi connectivity index (χ4n) is 1.57. The van der Waals surface area contributed by atoms with Crippen molar-refractivity contribution in [3.8, 4) is 0 Å². The van der Waals surface area contributed by atoms with Crippen molar-refractivity contribution in [2.75, 3.05) is 13.2 Å². The molecule has 1 N–H and O–H groups in total. The number of unbranched alkanes of at least 4 members (excludes halogenated alkanes) is 2. The molecule has 0 amide bonds. The minimum Gasteiger partial charge on any atom is -0.396 e. The van der Waals surface area contributed by atoms with E-state index in [1.165, 1.54) is 0 Å². The van der Waals surface area contributed by atoms with E-state index >= 15 is 0 Å². The van der Waals surface area contributed by atoms with Crippen LogP contribution in [0, 0.1) is 0 Å². The molecule has 1 saturated heterocycles. The van der Waals surface area contributed by atoms with Crippen LogP contribution in [-0.4, -0.2) is 30.2 Å². The lowest BCUT2D eigenvalue weighted by atomic mass is 10.1. The Bertz CT molecular complexity index is 145. The number of rotatable bonds is 5. The van der Waals surface area contributed by atoms with Crippen LogP contribution in [0.1, 0.15) is 39.5 Å². The molecule has 1 aliphatic rings. The Balaban J connectivity index is 2.04. The van der Waals surface area contributed by atoms with E-state index < -0.39 is 0 Å². The summed E-state index contributed by atoms with van der Waals surface area (Å²) in [6.45, 7) is 4.90. The summed E-state index contributed by atoms with van der Waals surface area (Å²) in [6, 6.07) is 0. The van der Waals surface area contributed by atoms with Gasteiger partial charge in [0.05, 0.1) is 12.7 Å². The van der Waals surface area contributed by atoms with Gasteiger partial charge in [0.1, 0.15) is 0 Å². The standard InChI is InChI=1S/C10H20O3/c1-10(2)12-8-9(13-10)6-4-3-5-7-11/h9,11H,3-8H2,1-2H3/t9-/m1/s1. The summed E-state index contributed by atoms with van der Waals surface area (Å²) in [7, 11) is 0. The van der Waals surface area contributed by atoms with Crippen LogP contribution in [-0.2, 0) is 9.47 Å². The molecule has 1 fully saturated rings. The zero-order chi connectivity index (χ0) is 9.73. The SMILES string of the molecule is CC1(C)OC[C@@H](CCCCCO)O1. The Morgan fingerprint density at radius 3 is 2.62 bits per heavy atom. The van der Waals surface area contributed by atoms with E-state index in [2.05, 4.69) is 0 Å². The maximum atomic E-state index is 8.59. The van der Waals surface area contributed by atoms with Gasteiger partial charge in [0.25, 0.3) is 0 Å². The van der Waals surface area contributed by atoms with E-state index in [9.17, 15) is 0 Å². The average Bonchev–Trinajstić information content (AvgIpc) is 2.40. The van der Waals surface area contributed by atoms with E-state index in [1.54, 1.807) is 0 Å². The highest BCUT2D eigenvalue weighted by molar-refractivity contribution is 4.70. The third-order valence-electron chi connectivity index (χ3n) is 2.25. The number of hydrogen-bond acceptors (Lipinski definition) is 3. The number of aliphatic hydroxyl groups is 1. The number of ether oxygens (including phenoxy) is 2. The smallest absolute Gasteiger partial charge is 0.163 e. The maximum absolute atomic E-state index is 8.59. The highest BCUT2D eigenvalue weighted by Gasteiger charge is 2.31. The van der Waals surface area contributed by atoms with Crippen molar-refractivity contribution < 1.29 is 14.6 Å². The van der Waals surface area contributed by atoms with Crippen LogP contribution in [0.5, 0.6) is 0 Å². The molecule has 0 saturated carbocycles. The van der Waals surface area contributed by atoms with Gasteiger partial charge in [0.15, 0.2) is 5.79 Å². The molecule has 0 aliphatic carbocycles. The van der Waals surface area contributed by atoms with Crippen molar-refractivity contribution in [1.82, 2.24) is 0 Å². The highest BCUT2D eigenvalue weighted by Crippen LogP contribution is 2.25. The first kappa shape index (κ1) is 11.0. The van der Waals surface area contributed by atoms with Gasteiger partial charge in [0, 0.05) is 6.61 Å². The quantitative estimate of drug-likeness (QED) is 0.667. The van der Waals surface area contributed by atoms with Gasteiger partial charge in [-0.2, -0.15) is 0 Å². The largest absolute Gasteiger partial charge is 0.396 e. The van der Waals surface area contributed by atoms with Crippen LogP contribution in [0.15, 0.2) is 0 Å². The van der Waals surface area contributed by atoms with Crippen molar-refractivity contribution in [3.63, 3.8) is 0 Å². The van der Waals surface area contributed by atoms with Crippen molar-refractivity contribution in [1.29, 1.82) is 0 Å². The van der Waals surface area contributed by atoms with E-state index in [4.69, 9.17) is 14.6 Å². The Morgan fingerprint density at radius 2 is 2.08 bits per heavy atom. The fourth-order valence-corrected chi connectivity index (χ4v) is 1.57. The Hall–Kier alpha value is -0.120. The lowest BCUT2D eigenvalue weighted by molar-refractivity contribution is -0.139. The first-order chi connectivity index (χ1) is 6.14. The van der Waals surface area contributed by atoms with E-state index in [0.717, 1.165) is 25.7 Å². The highest BCUT2D eigenvalue weighted by atomic mass is 16.7. The summed E-state index contributed by atoms with van der Waals surface area (Å²) in [5.41, 5.74) is 0. The van der Waals surface area contributed by atoms with Crippen LogP contribution >= 0.6 is 0 Å². The van der Waals surface area contributed by atoms with Gasteiger partial charge in [-0.05, 0) is 26.7 Å². The molecule has 0 aromatic heterocycles. The Kier molecular flexibility index (Phi) is 4.16. The fraction of sp³-hybridized carbons (Fsp3) is 1.00. The van der Waals surface area contributed by atoms with Crippen molar-refractivity contribution in [3.05, 3.63) is 0 Å². The zero-order valence-corrected chi connectivity index (χ0v) is 8.58. The second kappa shape index (κ2) is 4.94. The molecule has 0 unspecified atom stereocenters. The van der Waals surface area contributed by atoms with E-state index in [-0.39, 0.29) is 11.9 Å². The second-order valence-corrected chi connectivity index (χ2v) is 4.02. The number of hydrogen-bond donors (Lipinski definition) is 1. The Morgan fingerprint density at radius 1 is 1.31 bits per heavy atom. The molecule has 0 radical (unpaired) electrons. The molecule has 13 heavy (non-hydrogen) atoms. The lowest BCUT2D eigenvalue weighted by Crippen LogP contribution is -2.21. The molecule has 0 aromatic carbocycles. The summed E-state index contributed by atoms with van der Waals surface area (Å²) in [5, 5.41) is 8.59. The van der Waals surface area contributed by atoms with Gasteiger partial charge >= 0.3 is 0 Å². The van der Waals surface area contributed by atoms with Crippen LogP contribution in [0.3, 0.4) is 0 Å².